The number of unbranched alkanes of at least 4 members (excludes halogenated alkanes) is 1. The molecule has 8 nitrogen and oxygen atoms in total. The Labute approximate surface area is 215 Å². The highest BCUT2D eigenvalue weighted by atomic mass is 16.6. The van der Waals surface area contributed by atoms with Gasteiger partial charge in [-0.25, -0.2) is 4.79 Å². The molecule has 1 heterocycles. The summed E-state index contributed by atoms with van der Waals surface area (Å²) in [5.74, 6) is 0.595. The first-order valence-electron chi connectivity index (χ1n) is 13.5. The zero-order chi connectivity index (χ0) is 26.0. The van der Waals surface area contributed by atoms with Crippen LogP contribution in [0.25, 0.3) is 0 Å². The van der Waals surface area contributed by atoms with Crippen molar-refractivity contribution in [2.24, 2.45) is 0 Å². The number of benzene rings is 1. The van der Waals surface area contributed by atoms with Crippen LogP contribution in [0.4, 0.5) is 4.79 Å². The van der Waals surface area contributed by atoms with E-state index in [2.05, 4.69) is 22.8 Å². The number of piperidine rings is 1. The first-order valence-corrected chi connectivity index (χ1v) is 13.5. The van der Waals surface area contributed by atoms with Crippen LogP contribution in [0.1, 0.15) is 90.0 Å². The van der Waals surface area contributed by atoms with Gasteiger partial charge in [-0.05, 0) is 96.2 Å². The minimum absolute atomic E-state index is 0.00413. The number of hydrogen-bond donors (Lipinski definition) is 3. The molecule has 202 valence electrons. The minimum Gasteiger partial charge on any atom is -0.493 e. The molecule has 0 radical (unpaired) electrons. The van der Waals surface area contributed by atoms with Gasteiger partial charge in [-0.15, -0.1) is 0 Å². The van der Waals surface area contributed by atoms with Crippen molar-refractivity contribution in [1.82, 2.24) is 10.6 Å². The van der Waals surface area contributed by atoms with Gasteiger partial charge in [-0.2, -0.15) is 0 Å². The summed E-state index contributed by atoms with van der Waals surface area (Å²) in [6.45, 7) is 7.66. The number of aliphatic carboxylic acids is 1. The van der Waals surface area contributed by atoms with Crippen LogP contribution < -0.4 is 15.4 Å². The molecule has 8 heteroatoms. The quantitative estimate of drug-likeness (QED) is 0.364. The van der Waals surface area contributed by atoms with Gasteiger partial charge >= 0.3 is 12.1 Å². The number of nitrogens with one attached hydrogen (secondary N) is 2. The highest BCUT2D eigenvalue weighted by Gasteiger charge is 2.30. The summed E-state index contributed by atoms with van der Waals surface area (Å²) >= 11 is 0. The number of carbonyl (C=O) groups is 2. The highest BCUT2D eigenvalue weighted by Crippen LogP contribution is 2.38. The third-order valence-electron chi connectivity index (χ3n) is 6.87. The van der Waals surface area contributed by atoms with E-state index in [-0.39, 0.29) is 30.7 Å². The maximum atomic E-state index is 12.3. The summed E-state index contributed by atoms with van der Waals surface area (Å²) in [7, 11) is 0. The molecule has 2 unspecified atom stereocenters. The Bertz CT molecular complexity index is 832. The van der Waals surface area contributed by atoms with Gasteiger partial charge in [0.15, 0.2) is 0 Å². The zero-order valence-electron chi connectivity index (χ0n) is 22.1. The second-order valence-corrected chi connectivity index (χ2v) is 11.0. The summed E-state index contributed by atoms with van der Waals surface area (Å²) < 4.78 is 17.8. The molecule has 3 rings (SSSR count). The summed E-state index contributed by atoms with van der Waals surface area (Å²) in [5.41, 5.74) is 0.727. The van der Waals surface area contributed by atoms with Gasteiger partial charge in [0.25, 0.3) is 0 Å². The number of ether oxygens (including phenoxy) is 3. The van der Waals surface area contributed by atoms with Gasteiger partial charge in [0, 0.05) is 12.5 Å². The van der Waals surface area contributed by atoms with E-state index in [1.165, 1.54) is 5.56 Å². The van der Waals surface area contributed by atoms with Gasteiger partial charge in [0.05, 0.1) is 25.4 Å². The second kappa shape index (κ2) is 13.8. The van der Waals surface area contributed by atoms with Crippen molar-refractivity contribution in [3.63, 3.8) is 0 Å². The summed E-state index contributed by atoms with van der Waals surface area (Å²) in [6, 6.07) is 8.30. The van der Waals surface area contributed by atoms with Gasteiger partial charge in [0.2, 0.25) is 0 Å². The summed E-state index contributed by atoms with van der Waals surface area (Å²) in [5, 5.41) is 15.3. The van der Waals surface area contributed by atoms with E-state index in [4.69, 9.17) is 19.3 Å². The molecule has 0 bridgehead atoms. The Morgan fingerprint density at radius 1 is 1.08 bits per heavy atom. The second-order valence-electron chi connectivity index (χ2n) is 11.0. The molecule has 2 fully saturated rings. The first-order chi connectivity index (χ1) is 17.2. The van der Waals surface area contributed by atoms with E-state index in [9.17, 15) is 9.59 Å². The molecular weight excluding hydrogens is 460 g/mol. The van der Waals surface area contributed by atoms with Crippen molar-refractivity contribution in [3.8, 4) is 5.75 Å². The topological polar surface area (TPSA) is 106 Å². The number of hydrogen-bond acceptors (Lipinski definition) is 6. The Hall–Kier alpha value is -2.32. The summed E-state index contributed by atoms with van der Waals surface area (Å²) in [4.78, 5) is 22.9. The Kier molecular flexibility index (Phi) is 10.9. The molecule has 0 spiro atoms. The Morgan fingerprint density at radius 3 is 2.56 bits per heavy atom. The van der Waals surface area contributed by atoms with Crippen molar-refractivity contribution >= 4 is 12.1 Å². The van der Waals surface area contributed by atoms with E-state index in [1.807, 2.05) is 32.9 Å². The molecule has 0 aromatic heterocycles. The molecule has 1 aromatic carbocycles. The molecule has 36 heavy (non-hydrogen) atoms. The van der Waals surface area contributed by atoms with Crippen LogP contribution in [-0.4, -0.2) is 60.7 Å². The fraction of sp³-hybridized carbons (Fsp3) is 0.714. The number of rotatable bonds is 11. The maximum absolute atomic E-state index is 12.3. The zero-order valence-corrected chi connectivity index (χ0v) is 22.1. The third-order valence-corrected chi connectivity index (χ3v) is 6.87. The monoisotopic (exact) mass is 504 g/mol. The van der Waals surface area contributed by atoms with Crippen LogP contribution in [-0.2, 0) is 14.3 Å². The minimum atomic E-state index is -0.761. The SMILES string of the molecule is CC(C)(C)OC(=O)NC1CCCNC1COC1CCC(c2ccccc2OCCCCC(=O)O)CC1. The normalized spacial score (nSPS) is 24.6. The van der Waals surface area contributed by atoms with Crippen molar-refractivity contribution < 1.29 is 28.9 Å². The Balaban J connectivity index is 1.43. The number of para-hydroxylation sites is 1. The van der Waals surface area contributed by atoms with Crippen LogP contribution in [0, 0.1) is 0 Å². The fourth-order valence-electron chi connectivity index (χ4n) is 5.05. The predicted molar refractivity (Wildman–Crippen MR) is 139 cm³/mol. The van der Waals surface area contributed by atoms with Crippen molar-refractivity contribution in [2.75, 3.05) is 19.8 Å². The molecule has 3 N–H and O–H groups in total. The third kappa shape index (κ3) is 9.62. The van der Waals surface area contributed by atoms with Crippen LogP contribution >= 0.6 is 0 Å². The van der Waals surface area contributed by atoms with Crippen molar-refractivity contribution in [2.45, 2.75) is 108 Å². The number of carboxylic acid groups (broad SMARTS) is 1. The largest absolute Gasteiger partial charge is 0.493 e. The van der Waals surface area contributed by atoms with Crippen LogP contribution in [0.5, 0.6) is 5.75 Å². The highest BCUT2D eigenvalue weighted by molar-refractivity contribution is 5.68. The molecule has 1 aromatic rings. The van der Waals surface area contributed by atoms with E-state index in [0.29, 0.717) is 25.6 Å². The van der Waals surface area contributed by atoms with Crippen LogP contribution in [0.2, 0.25) is 0 Å². The van der Waals surface area contributed by atoms with Crippen molar-refractivity contribution in [3.05, 3.63) is 29.8 Å². The Morgan fingerprint density at radius 2 is 1.83 bits per heavy atom. The van der Waals surface area contributed by atoms with E-state index < -0.39 is 11.6 Å². The van der Waals surface area contributed by atoms with E-state index in [1.54, 1.807) is 0 Å². The fourth-order valence-corrected chi connectivity index (χ4v) is 5.05. The van der Waals surface area contributed by atoms with Crippen LogP contribution in [0.3, 0.4) is 0 Å². The lowest BCUT2D eigenvalue weighted by Gasteiger charge is -2.36. The van der Waals surface area contributed by atoms with Gasteiger partial charge in [-0.3, -0.25) is 4.79 Å². The lowest BCUT2D eigenvalue weighted by Crippen LogP contribution is -2.56. The number of amides is 1. The van der Waals surface area contributed by atoms with Gasteiger partial charge in [-0.1, -0.05) is 18.2 Å². The number of carbonyl (C=O) groups excluding carboxylic acids is 1. The number of alkyl carbamates (subject to hydrolysis) is 1. The smallest absolute Gasteiger partial charge is 0.407 e. The molecule has 1 aliphatic carbocycles. The average molecular weight is 505 g/mol. The van der Waals surface area contributed by atoms with Crippen molar-refractivity contribution in [1.29, 1.82) is 0 Å². The predicted octanol–water partition coefficient (Wildman–Crippen LogP) is 5.01. The molecule has 1 aliphatic heterocycles. The lowest BCUT2D eigenvalue weighted by molar-refractivity contribution is -0.137. The number of carboxylic acids is 1. The maximum Gasteiger partial charge on any atom is 0.407 e. The van der Waals surface area contributed by atoms with E-state index >= 15 is 0 Å². The molecule has 1 amide bonds. The van der Waals surface area contributed by atoms with Gasteiger partial charge < -0.3 is 30.0 Å². The molecular formula is C28H44N2O6. The average Bonchev–Trinajstić information content (AvgIpc) is 2.82. The molecule has 1 saturated carbocycles. The first kappa shape index (κ1) is 28.3. The van der Waals surface area contributed by atoms with Gasteiger partial charge in [0.1, 0.15) is 11.4 Å². The summed E-state index contributed by atoms with van der Waals surface area (Å²) in [6.07, 6.45) is 7.41. The standard InChI is InChI=1S/C28H44N2O6/c1-28(2,3)36-27(33)30-23-10-8-17-29-24(23)19-35-21-15-13-20(14-16-21)22-9-4-5-11-25(22)34-18-7-6-12-26(31)32/h4-5,9,11,20-21,23-24,29H,6-8,10,12-19H2,1-3H3,(H,30,33)(H,31,32). The lowest BCUT2D eigenvalue weighted by atomic mass is 9.82. The molecule has 1 saturated heterocycles. The molecule has 2 aliphatic rings. The van der Waals surface area contributed by atoms with Crippen LogP contribution in [0.15, 0.2) is 24.3 Å². The van der Waals surface area contributed by atoms with E-state index in [0.717, 1.165) is 57.2 Å². The molecule has 2 atom stereocenters.